The first-order chi connectivity index (χ1) is 11.0. The first-order valence-corrected chi connectivity index (χ1v) is 7.01. The summed E-state index contributed by atoms with van der Waals surface area (Å²) < 4.78 is 0. The van der Waals surface area contributed by atoms with Crippen LogP contribution in [0.3, 0.4) is 0 Å². The predicted octanol–water partition coefficient (Wildman–Crippen LogP) is 2.18. The zero-order chi connectivity index (χ0) is 16.7. The molecule has 0 aliphatic heterocycles. The summed E-state index contributed by atoms with van der Waals surface area (Å²) >= 11 is 0. The molecule has 0 spiro atoms. The minimum absolute atomic E-state index is 0.0580. The van der Waals surface area contributed by atoms with Gasteiger partial charge in [0.15, 0.2) is 0 Å². The molecule has 0 aromatic heterocycles. The van der Waals surface area contributed by atoms with Crippen LogP contribution in [-0.4, -0.2) is 23.1 Å². The number of aryl methyl sites for hydroxylation is 1. The maximum absolute atomic E-state index is 11.7. The van der Waals surface area contributed by atoms with Gasteiger partial charge in [-0.3, -0.25) is 9.59 Å². The SMILES string of the molecule is Cc1ccc(NC(=O)CC(=O)NN=Cc2ccccc2O)cc1. The van der Waals surface area contributed by atoms with E-state index in [1.165, 1.54) is 12.3 Å². The monoisotopic (exact) mass is 311 g/mol. The van der Waals surface area contributed by atoms with E-state index in [1.54, 1.807) is 30.3 Å². The summed E-state index contributed by atoms with van der Waals surface area (Å²) in [6.07, 6.45) is 0.969. The van der Waals surface area contributed by atoms with E-state index in [1.807, 2.05) is 19.1 Å². The van der Waals surface area contributed by atoms with Gasteiger partial charge in [0.25, 0.3) is 0 Å². The Balaban J connectivity index is 1.81. The number of phenols is 1. The first kappa shape index (κ1) is 16.2. The number of rotatable bonds is 5. The van der Waals surface area contributed by atoms with Crippen molar-refractivity contribution in [3.8, 4) is 5.75 Å². The summed E-state index contributed by atoms with van der Waals surface area (Å²) in [6.45, 7) is 1.95. The maximum Gasteiger partial charge on any atom is 0.249 e. The molecule has 0 atom stereocenters. The zero-order valence-electron chi connectivity index (χ0n) is 12.6. The Kier molecular flexibility index (Phi) is 5.46. The average Bonchev–Trinajstić information content (AvgIpc) is 2.51. The number of phenolic OH excluding ortho intramolecular Hbond substituents is 1. The molecule has 0 saturated carbocycles. The van der Waals surface area contributed by atoms with E-state index in [4.69, 9.17) is 0 Å². The van der Waals surface area contributed by atoms with Crippen molar-refractivity contribution in [2.24, 2.45) is 5.10 Å². The summed E-state index contributed by atoms with van der Waals surface area (Å²) in [5.41, 5.74) is 4.43. The molecule has 118 valence electrons. The van der Waals surface area contributed by atoms with Crippen molar-refractivity contribution in [3.05, 3.63) is 59.7 Å². The van der Waals surface area contributed by atoms with Crippen LogP contribution in [-0.2, 0) is 9.59 Å². The molecule has 2 aromatic carbocycles. The second-order valence-electron chi connectivity index (χ2n) is 4.94. The number of carbonyl (C=O) groups excluding carboxylic acids is 2. The average molecular weight is 311 g/mol. The van der Waals surface area contributed by atoms with Gasteiger partial charge >= 0.3 is 0 Å². The smallest absolute Gasteiger partial charge is 0.249 e. The number of carbonyl (C=O) groups is 2. The predicted molar refractivity (Wildman–Crippen MR) is 88.3 cm³/mol. The Morgan fingerprint density at radius 3 is 2.48 bits per heavy atom. The van der Waals surface area contributed by atoms with Gasteiger partial charge in [0.1, 0.15) is 12.2 Å². The van der Waals surface area contributed by atoms with Crippen molar-refractivity contribution >= 4 is 23.7 Å². The molecule has 6 nitrogen and oxygen atoms in total. The van der Waals surface area contributed by atoms with Crippen LogP contribution < -0.4 is 10.7 Å². The number of benzene rings is 2. The molecule has 2 aromatic rings. The van der Waals surface area contributed by atoms with Crippen molar-refractivity contribution in [2.75, 3.05) is 5.32 Å². The molecule has 0 aliphatic carbocycles. The molecule has 2 rings (SSSR count). The van der Waals surface area contributed by atoms with E-state index in [0.29, 0.717) is 11.3 Å². The minimum atomic E-state index is -0.540. The lowest BCUT2D eigenvalue weighted by Gasteiger charge is -2.04. The third-order valence-corrected chi connectivity index (χ3v) is 2.99. The molecule has 0 heterocycles. The topological polar surface area (TPSA) is 90.8 Å². The Hall–Kier alpha value is -3.15. The second-order valence-corrected chi connectivity index (χ2v) is 4.94. The highest BCUT2D eigenvalue weighted by Crippen LogP contribution is 2.12. The third-order valence-electron chi connectivity index (χ3n) is 2.99. The third kappa shape index (κ3) is 5.28. The highest BCUT2D eigenvalue weighted by atomic mass is 16.3. The number of hydrogen-bond acceptors (Lipinski definition) is 4. The van der Waals surface area contributed by atoms with Gasteiger partial charge < -0.3 is 10.4 Å². The highest BCUT2D eigenvalue weighted by molar-refractivity contribution is 6.03. The van der Waals surface area contributed by atoms with Crippen molar-refractivity contribution < 1.29 is 14.7 Å². The fourth-order valence-corrected chi connectivity index (χ4v) is 1.80. The Morgan fingerprint density at radius 2 is 1.78 bits per heavy atom. The number of anilines is 1. The number of aromatic hydroxyl groups is 1. The first-order valence-electron chi connectivity index (χ1n) is 7.01. The number of hydrazone groups is 1. The molecule has 0 radical (unpaired) electrons. The number of amides is 2. The van der Waals surface area contributed by atoms with Crippen molar-refractivity contribution in [2.45, 2.75) is 13.3 Å². The summed E-state index contributed by atoms with van der Waals surface area (Å²) in [6, 6.07) is 13.8. The lowest BCUT2D eigenvalue weighted by Crippen LogP contribution is -2.24. The highest BCUT2D eigenvalue weighted by Gasteiger charge is 2.08. The van der Waals surface area contributed by atoms with Crippen LogP contribution in [0.15, 0.2) is 53.6 Å². The van der Waals surface area contributed by atoms with Gasteiger partial charge in [0.05, 0.1) is 6.21 Å². The Morgan fingerprint density at radius 1 is 1.09 bits per heavy atom. The molecule has 23 heavy (non-hydrogen) atoms. The van der Waals surface area contributed by atoms with Gasteiger partial charge in [-0.1, -0.05) is 29.8 Å². The molecule has 0 bridgehead atoms. The van der Waals surface area contributed by atoms with E-state index in [9.17, 15) is 14.7 Å². The van der Waals surface area contributed by atoms with Crippen LogP contribution in [0.4, 0.5) is 5.69 Å². The van der Waals surface area contributed by atoms with Crippen molar-refractivity contribution in [1.82, 2.24) is 5.43 Å². The van der Waals surface area contributed by atoms with Crippen molar-refractivity contribution in [3.63, 3.8) is 0 Å². The fraction of sp³-hybridized carbons (Fsp3) is 0.118. The van der Waals surface area contributed by atoms with E-state index >= 15 is 0 Å². The molecule has 3 N–H and O–H groups in total. The van der Waals surface area contributed by atoms with E-state index in [0.717, 1.165) is 5.56 Å². The normalized spacial score (nSPS) is 10.5. The van der Waals surface area contributed by atoms with Crippen LogP contribution in [0.25, 0.3) is 0 Å². The second kappa shape index (κ2) is 7.74. The quantitative estimate of drug-likeness (QED) is 0.449. The lowest BCUT2D eigenvalue weighted by molar-refractivity contribution is -0.126. The van der Waals surface area contributed by atoms with Crippen LogP contribution >= 0.6 is 0 Å². The molecule has 6 heteroatoms. The molecule has 0 aliphatic rings. The van der Waals surface area contributed by atoms with E-state index in [2.05, 4.69) is 15.8 Å². The number of hydrogen-bond donors (Lipinski definition) is 3. The Bertz CT molecular complexity index is 724. The molecular weight excluding hydrogens is 294 g/mol. The molecule has 2 amide bonds. The number of para-hydroxylation sites is 1. The number of nitrogens with zero attached hydrogens (tertiary/aromatic N) is 1. The molecule has 0 saturated heterocycles. The summed E-state index contributed by atoms with van der Waals surface area (Å²) in [5.74, 6) is -0.909. The van der Waals surface area contributed by atoms with Gasteiger partial charge in [-0.25, -0.2) is 5.43 Å². The van der Waals surface area contributed by atoms with Crippen molar-refractivity contribution in [1.29, 1.82) is 0 Å². The van der Waals surface area contributed by atoms with Gasteiger partial charge in [0.2, 0.25) is 11.8 Å². The summed E-state index contributed by atoms with van der Waals surface area (Å²) in [4.78, 5) is 23.4. The van der Waals surface area contributed by atoms with Crippen LogP contribution in [0.5, 0.6) is 5.75 Å². The summed E-state index contributed by atoms with van der Waals surface area (Å²) in [7, 11) is 0. The van der Waals surface area contributed by atoms with Crippen LogP contribution in [0.2, 0.25) is 0 Å². The van der Waals surface area contributed by atoms with E-state index in [-0.39, 0.29) is 12.2 Å². The van der Waals surface area contributed by atoms with Crippen LogP contribution in [0.1, 0.15) is 17.5 Å². The summed E-state index contributed by atoms with van der Waals surface area (Å²) in [5, 5.41) is 15.9. The van der Waals surface area contributed by atoms with E-state index < -0.39 is 11.8 Å². The number of nitrogens with one attached hydrogen (secondary N) is 2. The van der Waals surface area contributed by atoms with Gasteiger partial charge in [-0.15, -0.1) is 0 Å². The molecule has 0 unspecified atom stereocenters. The minimum Gasteiger partial charge on any atom is -0.507 e. The van der Waals surface area contributed by atoms with Gasteiger partial charge in [0, 0.05) is 11.3 Å². The lowest BCUT2D eigenvalue weighted by atomic mass is 10.2. The maximum atomic E-state index is 11.7. The van der Waals surface area contributed by atoms with Gasteiger partial charge in [-0.2, -0.15) is 5.10 Å². The van der Waals surface area contributed by atoms with Gasteiger partial charge in [-0.05, 0) is 31.2 Å². The molecule has 0 fully saturated rings. The Labute approximate surface area is 133 Å². The largest absolute Gasteiger partial charge is 0.507 e. The standard InChI is InChI=1S/C17H17N3O3/c1-12-6-8-14(9-7-12)19-16(22)10-17(23)20-18-11-13-4-2-3-5-15(13)21/h2-9,11,21H,10H2,1H3,(H,19,22)(H,20,23). The fourth-order valence-electron chi connectivity index (χ4n) is 1.80. The zero-order valence-corrected chi connectivity index (χ0v) is 12.6. The molecular formula is C17H17N3O3. The van der Waals surface area contributed by atoms with Crippen LogP contribution in [0, 0.1) is 6.92 Å².